The Labute approximate surface area is 274 Å². The van der Waals surface area contributed by atoms with Gasteiger partial charge in [-0.2, -0.15) is 0 Å². The lowest BCUT2D eigenvalue weighted by Crippen LogP contribution is -2.61. The molecule has 0 aliphatic heterocycles. The van der Waals surface area contributed by atoms with Crippen LogP contribution in [0.4, 0.5) is 4.39 Å². The number of fused-ring (bicyclic) bond motifs is 7. The average Bonchev–Trinajstić information content (AvgIpc) is 3.41. The van der Waals surface area contributed by atoms with Crippen molar-refractivity contribution in [3.8, 4) is 0 Å². The Balaban J connectivity index is 0.00000111. The summed E-state index contributed by atoms with van der Waals surface area (Å²) in [6, 6.07) is 5.03. The van der Waals surface area contributed by atoms with E-state index in [0.717, 1.165) is 42.1 Å². The van der Waals surface area contributed by atoms with Crippen LogP contribution in [0.3, 0.4) is 0 Å². The molecule has 9 atom stereocenters. The Morgan fingerprint density at radius 1 is 0.911 bits per heavy atom. The number of methoxy groups -OCH3 is 2. The van der Waals surface area contributed by atoms with Crippen molar-refractivity contribution in [2.75, 3.05) is 14.2 Å². The molecule has 0 bridgehead atoms. The number of allylic oxidation sites excluding steroid dienone is 2. The summed E-state index contributed by atoms with van der Waals surface area (Å²) >= 11 is 0. The SMILES string of the molecule is CC.CC.COC(=O)c1ccc(C2=CC[C@]3(C)C4CCC5C(CC[C@@]6(N)CC[C@@H](C(C)(C)OC)C56)C4CCC3C2(C)C)cc1F. The predicted octanol–water partition coefficient (Wildman–Crippen LogP) is 10.1. The van der Waals surface area contributed by atoms with Gasteiger partial charge in [0.25, 0.3) is 0 Å². The van der Waals surface area contributed by atoms with Gasteiger partial charge in [-0.1, -0.05) is 60.6 Å². The van der Waals surface area contributed by atoms with E-state index in [1.807, 2.05) is 40.9 Å². The minimum Gasteiger partial charge on any atom is -0.465 e. The fourth-order valence-electron chi connectivity index (χ4n) is 11.7. The van der Waals surface area contributed by atoms with E-state index in [4.69, 9.17) is 15.2 Å². The van der Waals surface area contributed by atoms with Crippen molar-refractivity contribution in [3.63, 3.8) is 0 Å². The molecule has 6 unspecified atom stereocenters. The van der Waals surface area contributed by atoms with Crippen LogP contribution in [-0.4, -0.2) is 31.3 Å². The molecule has 6 rings (SSSR count). The third-order valence-corrected chi connectivity index (χ3v) is 13.7. The molecule has 0 heterocycles. The fraction of sp³-hybridized carbons (Fsp3) is 0.775. The van der Waals surface area contributed by atoms with E-state index in [-0.39, 0.29) is 27.5 Å². The van der Waals surface area contributed by atoms with E-state index < -0.39 is 11.8 Å². The van der Waals surface area contributed by atoms with Crippen molar-refractivity contribution >= 4 is 11.5 Å². The number of hydrogen-bond acceptors (Lipinski definition) is 4. The molecule has 0 aromatic heterocycles. The summed E-state index contributed by atoms with van der Waals surface area (Å²) in [4.78, 5) is 12.0. The molecule has 4 fully saturated rings. The lowest BCUT2D eigenvalue weighted by Gasteiger charge is -2.64. The molecule has 4 nitrogen and oxygen atoms in total. The summed E-state index contributed by atoms with van der Waals surface area (Å²) in [6.45, 7) is 19.9. The van der Waals surface area contributed by atoms with Gasteiger partial charge in [-0.25, -0.2) is 9.18 Å². The maximum absolute atomic E-state index is 15.0. The monoisotopic (exact) mass is 625 g/mol. The molecule has 0 amide bonds. The van der Waals surface area contributed by atoms with E-state index >= 15 is 0 Å². The highest BCUT2D eigenvalue weighted by atomic mass is 19.1. The second-order valence-electron chi connectivity index (χ2n) is 15.8. The zero-order valence-electron chi connectivity index (χ0n) is 30.4. The van der Waals surface area contributed by atoms with Crippen molar-refractivity contribution < 1.29 is 18.7 Å². The molecule has 5 heteroatoms. The number of halogens is 1. The quantitative estimate of drug-likeness (QED) is 0.338. The molecule has 1 aromatic rings. The standard InChI is InChI=1S/C36H52FNO3.2C2H6/c1-33(2)26(21-8-9-25(29(37)20-21)32(39)40-6)15-17-35(5)27-12-10-24-22(23(27)11-13-30(33)35)14-18-36(38)19-16-28(31(24)36)34(3,4)41-7;2*1-2/h8-9,15,20,22-24,27-28,30-31H,10-14,16-19,38H2,1-7H3;2*1-2H3/t22?,23?,24?,27?,28-,30?,31?,35-,36-;;/m1../s1. The number of ether oxygens (including phenoxy) is 2. The molecule has 0 saturated heterocycles. The molecule has 5 aliphatic rings. The molecule has 4 saturated carbocycles. The normalized spacial score (nSPS) is 38.0. The maximum atomic E-state index is 15.0. The van der Waals surface area contributed by atoms with Crippen LogP contribution in [0.2, 0.25) is 0 Å². The number of carbonyl (C=O) groups excluding carboxylic acids is 1. The second kappa shape index (κ2) is 13.4. The Hall–Kier alpha value is -1.72. The van der Waals surface area contributed by atoms with Crippen LogP contribution >= 0.6 is 0 Å². The smallest absolute Gasteiger partial charge is 0.340 e. The largest absolute Gasteiger partial charge is 0.465 e. The first-order valence-corrected chi connectivity index (χ1v) is 18.2. The van der Waals surface area contributed by atoms with Crippen LogP contribution in [0, 0.1) is 58.1 Å². The maximum Gasteiger partial charge on any atom is 0.340 e. The van der Waals surface area contributed by atoms with E-state index in [2.05, 4.69) is 40.7 Å². The minimum atomic E-state index is -0.628. The Morgan fingerprint density at radius 2 is 1.56 bits per heavy atom. The zero-order chi connectivity index (χ0) is 33.5. The van der Waals surface area contributed by atoms with Gasteiger partial charge in [-0.3, -0.25) is 0 Å². The van der Waals surface area contributed by atoms with Gasteiger partial charge >= 0.3 is 5.97 Å². The predicted molar refractivity (Wildman–Crippen MR) is 184 cm³/mol. The third-order valence-electron chi connectivity index (χ3n) is 13.7. The summed E-state index contributed by atoms with van der Waals surface area (Å²) in [7, 11) is 3.17. The van der Waals surface area contributed by atoms with E-state index in [9.17, 15) is 9.18 Å². The zero-order valence-corrected chi connectivity index (χ0v) is 30.4. The third kappa shape index (κ3) is 5.85. The average molecular weight is 626 g/mol. The highest BCUT2D eigenvalue weighted by molar-refractivity contribution is 5.90. The number of benzene rings is 1. The molecule has 1 aromatic carbocycles. The lowest BCUT2D eigenvalue weighted by molar-refractivity contribution is -0.137. The highest BCUT2D eigenvalue weighted by Crippen LogP contribution is 2.69. The van der Waals surface area contributed by atoms with Crippen LogP contribution in [0.5, 0.6) is 0 Å². The molecule has 0 spiro atoms. The van der Waals surface area contributed by atoms with Gasteiger partial charge in [0.15, 0.2) is 0 Å². The lowest BCUT2D eigenvalue weighted by atomic mass is 9.41. The number of rotatable bonds is 4. The Bertz CT molecular complexity index is 1240. The molecule has 2 N–H and O–H groups in total. The second-order valence-corrected chi connectivity index (χ2v) is 15.8. The summed E-state index contributed by atoms with van der Waals surface area (Å²) < 4.78 is 25.8. The van der Waals surface area contributed by atoms with E-state index in [0.29, 0.717) is 17.8 Å². The number of esters is 1. The van der Waals surface area contributed by atoms with Crippen molar-refractivity contribution in [1.29, 1.82) is 0 Å². The van der Waals surface area contributed by atoms with Gasteiger partial charge in [-0.15, -0.1) is 0 Å². The first-order chi connectivity index (χ1) is 21.3. The van der Waals surface area contributed by atoms with Crippen LogP contribution in [0.25, 0.3) is 5.57 Å². The number of nitrogens with two attached hydrogens (primary N) is 1. The molecular formula is C40H64FNO3. The highest BCUT2D eigenvalue weighted by Gasteiger charge is 2.63. The van der Waals surface area contributed by atoms with Gasteiger partial charge in [0.2, 0.25) is 0 Å². The van der Waals surface area contributed by atoms with Crippen molar-refractivity contribution in [2.24, 2.45) is 58.0 Å². The Morgan fingerprint density at radius 3 is 2.18 bits per heavy atom. The van der Waals surface area contributed by atoms with Gasteiger partial charge < -0.3 is 15.2 Å². The van der Waals surface area contributed by atoms with Gasteiger partial charge in [0.05, 0.1) is 18.3 Å². The summed E-state index contributed by atoms with van der Waals surface area (Å²) in [5.74, 6) is 3.51. The van der Waals surface area contributed by atoms with E-state index in [1.165, 1.54) is 57.6 Å². The van der Waals surface area contributed by atoms with E-state index in [1.54, 1.807) is 12.1 Å². The van der Waals surface area contributed by atoms with Crippen molar-refractivity contribution in [3.05, 3.63) is 41.2 Å². The van der Waals surface area contributed by atoms with Gasteiger partial charge in [0.1, 0.15) is 5.82 Å². The molecule has 45 heavy (non-hydrogen) atoms. The van der Waals surface area contributed by atoms with Crippen molar-refractivity contribution in [2.45, 2.75) is 131 Å². The van der Waals surface area contributed by atoms with Gasteiger partial charge in [-0.05, 0) is 147 Å². The van der Waals surface area contributed by atoms with Crippen LogP contribution in [0.1, 0.15) is 136 Å². The first-order valence-electron chi connectivity index (χ1n) is 18.2. The van der Waals surface area contributed by atoms with Crippen LogP contribution in [-0.2, 0) is 9.47 Å². The van der Waals surface area contributed by atoms with Crippen LogP contribution in [0.15, 0.2) is 24.3 Å². The molecular weight excluding hydrogens is 561 g/mol. The molecule has 254 valence electrons. The summed E-state index contributed by atoms with van der Waals surface area (Å²) in [5.41, 5.74) is 9.39. The van der Waals surface area contributed by atoms with Gasteiger partial charge in [0, 0.05) is 12.6 Å². The summed E-state index contributed by atoms with van der Waals surface area (Å²) in [6.07, 6.45) is 13.4. The number of hydrogen-bond donors (Lipinski definition) is 1. The fourth-order valence-corrected chi connectivity index (χ4v) is 11.7. The molecule has 0 radical (unpaired) electrons. The van der Waals surface area contributed by atoms with Crippen molar-refractivity contribution in [1.82, 2.24) is 0 Å². The summed E-state index contributed by atoms with van der Waals surface area (Å²) in [5, 5.41) is 0. The Kier molecular flexibility index (Phi) is 10.8. The number of carbonyl (C=O) groups is 1. The molecule has 5 aliphatic carbocycles. The van der Waals surface area contributed by atoms with Crippen LogP contribution < -0.4 is 5.73 Å². The topological polar surface area (TPSA) is 61.5 Å². The first kappa shape index (κ1) is 36.1. The minimum absolute atomic E-state index is 0.0000549.